The maximum atomic E-state index is 11.8. The normalized spacial score (nSPS) is 16.7. The summed E-state index contributed by atoms with van der Waals surface area (Å²) in [5.74, 6) is -1.72. The fourth-order valence-corrected chi connectivity index (χ4v) is 1.62. The molecule has 0 aromatic carbocycles. The van der Waals surface area contributed by atoms with E-state index in [1.807, 2.05) is 19.9 Å². The van der Waals surface area contributed by atoms with Gasteiger partial charge in [-0.1, -0.05) is 11.6 Å². The van der Waals surface area contributed by atoms with E-state index in [-0.39, 0.29) is 11.3 Å². The zero-order chi connectivity index (χ0) is 13.2. The van der Waals surface area contributed by atoms with Gasteiger partial charge in [-0.2, -0.15) is 0 Å². The number of allylic oxidation sites excluding steroid dienone is 4. The maximum Gasteiger partial charge on any atom is 0.235 e. The van der Waals surface area contributed by atoms with E-state index in [2.05, 4.69) is 0 Å². The van der Waals surface area contributed by atoms with Gasteiger partial charge in [0.1, 0.15) is 5.76 Å². The lowest BCUT2D eigenvalue weighted by atomic mass is 9.87. The van der Waals surface area contributed by atoms with Crippen LogP contribution in [0.1, 0.15) is 27.2 Å². The molecule has 0 atom stereocenters. The van der Waals surface area contributed by atoms with Crippen LogP contribution in [0.15, 0.2) is 34.1 Å². The summed E-state index contributed by atoms with van der Waals surface area (Å²) in [4.78, 5) is 23.4. The second-order valence-corrected chi connectivity index (χ2v) is 4.23. The summed E-state index contributed by atoms with van der Waals surface area (Å²) in [5, 5.41) is 18.7. The highest BCUT2D eigenvalue weighted by atomic mass is 16.3. The summed E-state index contributed by atoms with van der Waals surface area (Å²) < 4.78 is 0. The lowest BCUT2D eigenvalue weighted by Crippen LogP contribution is -2.27. The number of carbonyl (C=O) groups is 2. The smallest absolute Gasteiger partial charge is 0.235 e. The SMILES string of the molecule is CC(C)=CCC1=C(C)C(O)=C(CO)C(=O)C1=O. The molecule has 0 bridgehead atoms. The van der Waals surface area contributed by atoms with Gasteiger partial charge < -0.3 is 10.2 Å². The molecule has 0 saturated heterocycles. The van der Waals surface area contributed by atoms with Crippen molar-refractivity contribution < 1.29 is 19.8 Å². The molecule has 1 aliphatic rings. The Balaban J connectivity index is 3.23. The van der Waals surface area contributed by atoms with Crippen LogP contribution in [0.25, 0.3) is 0 Å². The van der Waals surface area contributed by atoms with E-state index >= 15 is 0 Å². The van der Waals surface area contributed by atoms with Crippen molar-refractivity contribution in [2.75, 3.05) is 6.61 Å². The molecule has 0 amide bonds. The fourth-order valence-electron chi connectivity index (χ4n) is 1.62. The molecular weight excluding hydrogens is 220 g/mol. The summed E-state index contributed by atoms with van der Waals surface area (Å²) in [6, 6.07) is 0. The van der Waals surface area contributed by atoms with Crippen molar-refractivity contribution in [3.63, 3.8) is 0 Å². The van der Waals surface area contributed by atoms with Crippen LogP contribution in [-0.4, -0.2) is 28.4 Å². The molecule has 2 N–H and O–H groups in total. The van der Waals surface area contributed by atoms with E-state index in [1.165, 1.54) is 0 Å². The molecule has 4 heteroatoms. The number of hydrogen-bond acceptors (Lipinski definition) is 4. The Labute approximate surface area is 100.0 Å². The van der Waals surface area contributed by atoms with Crippen molar-refractivity contribution in [2.45, 2.75) is 27.2 Å². The van der Waals surface area contributed by atoms with Gasteiger partial charge in [0.05, 0.1) is 12.2 Å². The van der Waals surface area contributed by atoms with E-state index in [9.17, 15) is 14.7 Å². The molecule has 0 saturated carbocycles. The van der Waals surface area contributed by atoms with E-state index in [0.717, 1.165) is 5.57 Å². The summed E-state index contributed by atoms with van der Waals surface area (Å²) in [7, 11) is 0. The van der Waals surface area contributed by atoms with Crippen LogP contribution in [0.5, 0.6) is 0 Å². The van der Waals surface area contributed by atoms with Gasteiger partial charge in [-0.25, -0.2) is 0 Å². The Kier molecular flexibility index (Phi) is 4.02. The Hall–Kier alpha value is -1.68. The largest absolute Gasteiger partial charge is 0.507 e. The number of Topliss-reactive ketones (excluding diaryl/α,β-unsaturated/α-hetero) is 2. The van der Waals surface area contributed by atoms with Crippen molar-refractivity contribution in [2.24, 2.45) is 0 Å². The topological polar surface area (TPSA) is 74.6 Å². The van der Waals surface area contributed by atoms with Gasteiger partial charge in [0.2, 0.25) is 11.6 Å². The van der Waals surface area contributed by atoms with Crippen LogP contribution < -0.4 is 0 Å². The second kappa shape index (κ2) is 5.10. The predicted molar refractivity (Wildman–Crippen MR) is 63.5 cm³/mol. The van der Waals surface area contributed by atoms with Gasteiger partial charge in [0, 0.05) is 5.57 Å². The summed E-state index contributed by atoms with van der Waals surface area (Å²) in [6.45, 7) is 4.73. The molecule has 0 spiro atoms. The van der Waals surface area contributed by atoms with Crippen LogP contribution in [0.3, 0.4) is 0 Å². The molecule has 0 aliphatic heterocycles. The Morgan fingerprint density at radius 1 is 1.18 bits per heavy atom. The molecule has 0 fully saturated rings. The quantitative estimate of drug-likeness (QED) is 0.443. The van der Waals surface area contributed by atoms with Crippen LogP contribution in [0, 0.1) is 0 Å². The van der Waals surface area contributed by atoms with Gasteiger partial charge in [-0.15, -0.1) is 0 Å². The molecular formula is C13H16O4. The second-order valence-electron chi connectivity index (χ2n) is 4.23. The number of rotatable bonds is 3. The molecule has 1 aliphatic carbocycles. The highest BCUT2D eigenvalue weighted by molar-refractivity contribution is 6.50. The van der Waals surface area contributed by atoms with Gasteiger partial charge in [0.15, 0.2) is 0 Å². The van der Waals surface area contributed by atoms with Crippen LogP contribution in [-0.2, 0) is 9.59 Å². The molecule has 0 radical (unpaired) electrons. The third-order valence-electron chi connectivity index (χ3n) is 2.72. The van der Waals surface area contributed by atoms with Crippen molar-refractivity contribution in [1.29, 1.82) is 0 Å². The third-order valence-corrected chi connectivity index (χ3v) is 2.72. The van der Waals surface area contributed by atoms with Gasteiger partial charge in [-0.3, -0.25) is 9.59 Å². The van der Waals surface area contributed by atoms with E-state index in [0.29, 0.717) is 17.6 Å². The Morgan fingerprint density at radius 3 is 2.18 bits per heavy atom. The summed E-state index contributed by atoms with van der Waals surface area (Å²) in [6.07, 6.45) is 2.14. The molecule has 1 rings (SSSR count). The zero-order valence-corrected chi connectivity index (χ0v) is 10.2. The summed E-state index contributed by atoms with van der Waals surface area (Å²) >= 11 is 0. The summed E-state index contributed by atoms with van der Waals surface area (Å²) in [5.41, 5.74) is 1.48. The minimum atomic E-state index is -0.812. The van der Waals surface area contributed by atoms with Crippen molar-refractivity contribution in [1.82, 2.24) is 0 Å². The van der Waals surface area contributed by atoms with E-state index in [4.69, 9.17) is 5.11 Å². The number of hydrogen-bond donors (Lipinski definition) is 2. The lowest BCUT2D eigenvalue weighted by molar-refractivity contribution is -0.132. The molecule has 4 nitrogen and oxygen atoms in total. The number of ketones is 2. The first-order valence-corrected chi connectivity index (χ1v) is 5.35. The van der Waals surface area contributed by atoms with Crippen LogP contribution in [0.4, 0.5) is 0 Å². The number of aliphatic hydroxyl groups is 2. The van der Waals surface area contributed by atoms with Crippen molar-refractivity contribution in [3.8, 4) is 0 Å². The minimum Gasteiger partial charge on any atom is -0.507 e. The van der Waals surface area contributed by atoms with Gasteiger partial charge in [0.25, 0.3) is 0 Å². The monoisotopic (exact) mass is 236 g/mol. The molecule has 17 heavy (non-hydrogen) atoms. The maximum absolute atomic E-state index is 11.8. The lowest BCUT2D eigenvalue weighted by Gasteiger charge is -2.17. The molecule has 0 heterocycles. The molecule has 0 aromatic heterocycles. The standard InChI is InChI=1S/C13H16O4/c1-7(2)4-5-9-8(3)11(15)10(6-14)13(17)12(9)16/h4,14-15H,5-6H2,1-3H3. The fraction of sp³-hybridized carbons (Fsp3) is 0.385. The Bertz CT molecular complexity index is 460. The van der Waals surface area contributed by atoms with Gasteiger partial charge >= 0.3 is 0 Å². The first kappa shape index (κ1) is 13.4. The van der Waals surface area contributed by atoms with Crippen molar-refractivity contribution in [3.05, 3.63) is 34.1 Å². The molecule has 92 valence electrons. The van der Waals surface area contributed by atoms with Crippen LogP contribution >= 0.6 is 0 Å². The average molecular weight is 236 g/mol. The Morgan fingerprint density at radius 2 is 1.71 bits per heavy atom. The van der Waals surface area contributed by atoms with Crippen molar-refractivity contribution >= 4 is 11.6 Å². The number of carbonyl (C=O) groups excluding carboxylic acids is 2. The average Bonchev–Trinajstić information content (AvgIpc) is 2.27. The van der Waals surface area contributed by atoms with E-state index < -0.39 is 18.2 Å². The third kappa shape index (κ3) is 2.53. The first-order valence-electron chi connectivity index (χ1n) is 5.35. The first-order chi connectivity index (χ1) is 7.90. The minimum absolute atomic E-state index is 0.214. The van der Waals surface area contributed by atoms with Crippen LogP contribution in [0.2, 0.25) is 0 Å². The highest BCUT2D eigenvalue weighted by Gasteiger charge is 2.31. The molecule has 0 aromatic rings. The predicted octanol–water partition coefficient (Wildman–Crippen LogP) is 1.62. The number of aliphatic hydroxyl groups excluding tert-OH is 2. The van der Waals surface area contributed by atoms with Gasteiger partial charge in [-0.05, 0) is 32.8 Å². The van der Waals surface area contributed by atoms with E-state index in [1.54, 1.807) is 6.92 Å². The highest BCUT2D eigenvalue weighted by Crippen LogP contribution is 2.26. The zero-order valence-electron chi connectivity index (χ0n) is 10.2. The molecule has 0 unspecified atom stereocenters.